The Kier molecular flexibility index (Phi) is 6.61. The number of hydrogen-bond donors (Lipinski definition) is 1. The molecule has 2 heterocycles. The highest BCUT2D eigenvalue weighted by Crippen LogP contribution is 2.23. The zero-order chi connectivity index (χ0) is 21.1. The lowest BCUT2D eigenvalue weighted by molar-refractivity contribution is 0.0644. The summed E-state index contributed by atoms with van der Waals surface area (Å²) in [6.07, 6.45) is 4.68. The summed E-state index contributed by atoms with van der Waals surface area (Å²) in [6, 6.07) is 12.3. The van der Waals surface area contributed by atoms with Gasteiger partial charge in [0.2, 0.25) is 0 Å². The molecule has 2 aromatic carbocycles. The van der Waals surface area contributed by atoms with Crippen molar-refractivity contribution >= 4 is 40.7 Å². The number of anilines is 1. The van der Waals surface area contributed by atoms with E-state index in [0.717, 1.165) is 25.9 Å². The molecule has 0 spiro atoms. The summed E-state index contributed by atoms with van der Waals surface area (Å²) in [7, 11) is 0. The number of amides is 2. The monoisotopic (exact) mass is 445 g/mol. The molecule has 2 aliphatic heterocycles. The average Bonchev–Trinajstić information content (AvgIpc) is 3.28. The Morgan fingerprint density at radius 3 is 2.03 bits per heavy atom. The summed E-state index contributed by atoms with van der Waals surface area (Å²) in [5, 5.41) is 3.62. The molecule has 0 bridgehead atoms. The first kappa shape index (κ1) is 21.2. The summed E-state index contributed by atoms with van der Waals surface area (Å²) in [5.41, 5.74) is 1.63. The molecule has 158 valence electrons. The third kappa shape index (κ3) is 4.97. The molecule has 4 rings (SSSR count). The van der Waals surface area contributed by atoms with Gasteiger partial charge in [0.15, 0.2) is 0 Å². The van der Waals surface area contributed by atoms with E-state index in [1.165, 1.54) is 25.9 Å². The minimum absolute atomic E-state index is 0.0503. The minimum Gasteiger partial charge on any atom is -0.339 e. The van der Waals surface area contributed by atoms with Crippen molar-refractivity contribution in [1.82, 2.24) is 9.80 Å². The van der Waals surface area contributed by atoms with Gasteiger partial charge in [-0.25, -0.2) is 0 Å². The lowest BCUT2D eigenvalue weighted by atomic mass is 10.0. The third-order valence-corrected chi connectivity index (χ3v) is 6.36. The number of carbonyl (C=O) groups is 2. The van der Waals surface area contributed by atoms with Crippen molar-refractivity contribution < 1.29 is 9.59 Å². The Labute approximate surface area is 186 Å². The highest BCUT2D eigenvalue weighted by Gasteiger charge is 2.28. The van der Waals surface area contributed by atoms with Gasteiger partial charge in [-0.2, -0.15) is 0 Å². The molecule has 7 heteroatoms. The van der Waals surface area contributed by atoms with E-state index in [2.05, 4.69) is 10.2 Å². The van der Waals surface area contributed by atoms with Crippen LogP contribution in [0.5, 0.6) is 0 Å². The summed E-state index contributed by atoms with van der Waals surface area (Å²) >= 11 is 11.9. The number of hydrogen-bond acceptors (Lipinski definition) is 3. The topological polar surface area (TPSA) is 52.7 Å². The SMILES string of the molecule is O=C(Nc1ccc(C(=O)N2CCC(N3CCCC3)CC2)cc1)c1cc(Cl)cc(Cl)c1. The maximum absolute atomic E-state index is 12.9. The minimum atomic E-state index is -0.303. The molecule has 0 unspecified atom stereocenters. The molecule has 5 nitrogen and oxygen atoms in total. The van der Waals surface area contributed by atoms with Crippen LogP contribution in [0, 0.1) is 0 Å². The number of nitrogens with one attached hydrogen (secondary N) is 1. The number of nitrogens with zero attached hydrogens (tertiary/aromatic N) is 2. The highest BCUT2D eigenvalue weighted by molar-refractivity contribution is 6.35. The quantitative estimate of drug-likeness (QED) is 0.724. The number of likely N-dealkylation sites (tertiary alicyclic amines) is 2. The van der Waals surface area contributed by atoms with Gasteiger partial charge in [0.25, 0.3) is 11.8 Å². The van der Waals surface area contributed by atoms with Gasteiger partial charge in [0.1, 0.15) is 0 Å². The molecule has 2 amide bonds. The van der Waals surface area contributed by atoms with E-state index in [9.17, 15) is 9.59 Å². The van der Waals surface area contributed by atoms with Crippen LogP contribution >= 0.6 is 23.2 Å². The average molecular weight is 446 g/mol. The van der Waals surface area contributed by atoms with Crippen molar-refractivity contribution in [3.05, 3.63) is 63.6 Å². The first-order chi connectivity index (χ1) is 14.5. The van der Waals surface area contributed by atoms with Crippen molar-refractivity contribution in [3.63, 3.8) is 0 Å². The van der Waals surface area contributed by atoms with E-state index < -0.39 is 0 Å². The predicted molar refractivity (Wildman–Crippen MR) is 121 cm³/mol. The largest absolute Gasteiger partial charge is 0.339 e. The van der Waals surface area contributed by atoms with E-state index in [0.29, 0.717) is 32.9 Å². The molecular formula is C23H25Cl2N3O2. The van der Waals surface area contributed by atoms with E-state index >= 15 is 0 Å². The second kappa shape index (κ2) is 9.38. The Morgan fingerprint density at radius 2 is 1.43 bits per heavy atom. The molecule has 2 aliphatic rings. The zero-order valence-corrected chi connectivity index (χ0v) is 18.3. The van der Waals surface area contributed by atoms with Crippen LogP contribution in [0.4, 0.5) is 5.69 Å². The first-order valence-electron chi connectivity index (χ1n) is 10.4. The Balaban J connectivity index is 1.34. The maximum atomic E-state index is 12.9. The fourth-order valence-corrected chi connectivity index (χ4v) is 4.83. The van der Waals surface area contributed by atoms with Crippen molar-refractivity contribution in [1.29, 1.82) is 0 Å². The van der Waals surface area contributed by atoms with E-state index in [1.807, 2.05) is 4.90 Å². The van der Waals surface area contributed by atoms with Crippen LogP contribution in [-0.4, -0.2) is 53.8 Å². The number of piperidine rings is 1. The van der Waals surface area contributed by atoms with Crippen molar-refractivity contribution in [2.45, 2.75) is 31.7 Å². The second-order valence-electron chi connectivity index (χ2n) is 7.96. The van der Waals surface area contributed by atoms with Crippen molar-refractivity contribution in [2.75, 3.05) is 31.5 Å². The molecule has 1 N–H and O–H groups in total. The first-order valence-corrected chi connectivity index (χ1v) is 11.2. The summed E-state index contributed by atoms with van der Waals surface area (Å²) in [4.78, 5) is 29.8. The zero-order valence-electron chi connectivity index (χ0n) is 16.7. The molecule has 30 heavy (non-hydrogen) atoms. The van der Waals surface area contributed by atoms with Crippen molar-refractivity contribution in [2.24, 2.45) is 0 Å². The summed E-state index contributed by atoms with van der Waals surface area (Å²) in [6.45, 7) is 4.00. The van der Waals surface area contributed by atoms with Gasteiger partial charge in [0.05, 0.1) is 0 Å². The highest BCUT2D eigenvalue weighted by atomic mass is 35.5. The number of rotatable bonds is 4. The normalized spacial score (nSPS) is 17.9. The van der Waals surface area contributed by atoms with E-state index in [-0.39, 0.29) is 11.8 Å². The molecule has 2 saturated heterocycles. The number of carbonyl (C=O) groups excluding carboxylic acids is 2. The van der Waals surface area contributed by atoms with Crippen LogP contribution in [0.25, 0.3) is 0 Å². The molecule has 2 fully saturated rings. The van der Waals surface area contributed by atoms with Gasteiger partial charge in [0, 0.05) is 46.0 Å². The van der Waals surface area contributed by atoms with Gasteiger partial charge in [-0.05, 0) is 81.2 Å². The molecular weight excluding hydrogens is 421 g/mol. The van der Waals surface area contributed by atoms with E-state index in [1.54, 1.807) is 42.5 Å². The van der Waals surface area contributed by atoms with Gasteiger partial charge >= 0.3 is 0 Å². The van der Waals surface area contributed by atoms with Gasteiger partial charge in [-0.15, -0.1) is 0 Å². The summed E-state index contributed by atoms with van der Waals surface area (Å²) in [5.74, 6) is -0.253. The van der Waals surface area contributed by atoms with Crippen molar-refractivity contribution in [3.8, 4) is 0 Å². The predicted octanol–water partition coefficient (Wildman–Crippen LogP) is 4.95. The molecule has 0 atom stereocenters. The van der Waals surface area contributed by atoms with Crippen LogP contribution in [-0.2, 0) is 0 Å². The number of halogens is 2. The van der Waals surface area contributed by atoms with Crippen LogP contribution in [0.15, 0.2) is 42.5 Å². The molecule has 0 radical (unpaired) electrons. The maximum Gasteiger partial charge on any atom is 0.255 e. The van der Waals surface area contributed by atoms with Gasteiger partial charge < -0.3 is 15.1 Å². The molecule has 0 aromatic heterocycles. The fraction of sp³-hybridized carbons (Fsp3) is 0.391. The smallest absolute Gasteiger partial charge is 0.255 e. The standard InChI is InChI=1S/C23H25Cl2N3O2/c24-18-13-17(14-19(25)15-18)22(29)26-20-5-3-16(4-6-20)23(30)28-11-7-21(8-12-28)27-9-1-2-10-27/h3-6,13-15,21H,1-2,7-12H2,(H,26,29). The molecule has 0 aliphatic carbocycles. The Hall–Kier alpha value is -2.08. The van der Waals surface area contributed by atoms with Crippen LogP contribution in [0.3, 0.4) is 0 Å². The lowest BCUT2D eigenvalue weighted by Gasteiger charge is -2.36. The fourth-order valence-electron chi connectivity index (χ4n) is 4.31. The lowest BCUT2D eigenvalue weighted by Crippen LogP contribution is -2.45. The number of benzene rings is 2. The van der Waals surface area contributed by atoms with Crippen LogP contribution in [0.1, 0.15) is 46.4 Å². The Bertz CT molecular complexity index is 898. The van der Waals surface area contributed by atoms with Crippen LogP contribution < -0.4 is 5.32 Å². The third-order valence-electron chi connectivity index (χ3n) is 5.92. The van der Waals surface area contributed by atoms with Gasteiger partial charge in [-0.1, -0.05) is 23.2 Å². The Morgan fingerprint density at radius 1 is 0.833 bits per heavy atom. The van der Waals surface area contributed by atoms with Gasteiger partial charge in [-0.3, -0.25) is 9.59 Å². The second-order valence-corrected chi connectivity index (χ2v) is 8.83. The van der Waals surface area contributed by atoms with Crippen LogP contribution in [0.2, 0.25) is 10.0 Å². The summed E-state index contributed by atoms with van der Waals surface area (Å²) < 4.78 is 0. The molecule has 0 saturated carbocycles. The molecule has 2 aromatic rings. The van der Waals surface area contributed by atoms with E-state index in [4.69, 9.17) is 23.2 Å².